The lowest BCUT2D eigenvalue weighted by atomic mass is 9.86. The van der Waals surface area contributed by atoms with Gasteiger partial charge in [0.15, 0.2) is 0 Å². The second-order valence-corrected chi connectivity index (χ2v) is 4.56. The third-order valence-electron chi connectivity index (χ3n) is 3.14. The molecule has 5 nitrogen and oxygen atoms in total. The van der Waals surface area contributed by atoms with Crippen LogP contribution in [0.1, 0.15) is 38.5 Å². The second kappa shape index (κ2) is 7.27. The number of carbonyl (C=O) groups is 2. The number of nitrogens with one attached hydrogen (secondary N) is 1. The normalized spacial score (nSPS) is 24.3. The highest BCUT2D eigenvalue weighted by Crippen LogP contribution is 2.24. The molecule has 0 aromatic carbocycles. The summed E-state index contributed by atoms with van der Waals surface area (Å²) in [4.78, 5) is 22.4. The zero-order chi connectivity index (χ0) is 12.7. The van der Waals surface area contributed by atoms with Crippen LogP contribution in [-0.2, 0) is 14.3 Å². The number of hydrogen-bond donors (Lipinski definition) is 2. The summed E-state index contributed by atoms with van der Waals surface area (Å²) in [6.45, 7) is 0.579. The Morgan fingerprint density at radius 3 is 2.82 bits per heavy atom. The molecule has 0 aromatic heterocycles. The Balaban J connectivity index is 2.26. The first-order valence-electron chi connectivity index (χ1n) is 6.14. The van der Waals surface area contributed by atoms with E-state index in [9.17, 15) is 9.59 Å². The first-order valence-corrected chi connectivity index (χ1v) is 6.14. The van der Waals surface area contributed by atoms with Gasteiger partial charge < -0.3 is 15.2 Å². The lowest BCUT2D eigenvalue weighted by molar-refractivity contribution is -0.143. The van der Waals surface area contributed by atoms with Crippen molar-refractivity contribution in [2.45, 2.75) is 44.6 Å². The van der Waals surface area contributed by atoms with E-state index in [-0.39, 0.29) is 17.9 Å². The number of aliphatic carboxylic acids is 1. The van der Waals surface area contributed by atoms with Crippen LogP contribution in [0.15, 0.2) is 0 Å². The molecule has 0 aliphatic heterocycles. The summed E-state index contributed by atoms with van der Waals surface area (Å²) in [6, 6.07) is 0.0277. The van der Waals surface area contributed by atoms with Crippen molar-refractivity contribution >= 4 is 11.9 Å². The SMILES string of the molecule is COCCCC(=O)NC1CCCC(C(=O)O)C1. The molecule has 2 atom stereocenters. The fraction of sp³-hybridized carbons (Fsp3) is 0.833. The topological polar surface area (TPSA) is 75.6 Å². The molecule has 0 spiro atoms. The Kier molecular flexibility index (Phi) is 5.97. The van der Waals surface area contributed by atoms with Gasteiger partial charge >= 0.3 is 5.97 Å². The predicted octanol–water partition coefficient (Wildman–Crippen LogP) is 1.17. The molecule has 5 heteroatoms. The van der Waals surface area contributed by atoms with Crippen molar-refractivity contribution in [3.63, 3.8) is 0 Å². The van der Waals surface area contributed by atoms with Gasteiger partial charge in [-0.3, -0.25) is 9.59 Å². The molecule has 0 aromatic rings. The van der Waals surface area contributed by atoms with Crippen molar-refractivity contribution in [3.05, 3.63) is 0 Å². The predicted molar refractivity (Wildman–Crippen MR) is 62.6 cm³/mol. The highest BCUT2D eigenvalue weighted by molar-refractivity contribution is 5.76. The number of carbonyl (C=O) groups excluding carboxylic acids is 1. The maximum absolute atomic E-state index is 11.5. The van der Waals surface area contributed by atoms with Gasteiger partial charge in [-0.1, -0.05) is 6.42 Å². The molecular weight excluding hydrogens is 222 g/mol. The third kappa shape index (κ3) is 5.17. The lowest BCUT2D eigenvalue weighted by Gasteiger charge is -2.27. The highest BCUT2D eigenvalue weighted by Gasteiger charge is 2.27. The molecule has 0 heterocycles. The van der Waals surface area contributed by atoms with Crippen LogP contribution in [0.25, 0.3) is 0 Å². The lowest BCUT2D eigenvalue weighted by Crippen LogP contribution is -2.39. The Morgan fingerprint density at radius 2 is 2.18 bits per heavy atom. The van der Waals surface area contributed by atoms with E-state index in [1.54, 1.807) is 7.11 Å². The van der Waals surface area contributed by atoms with E-state index in [1.165, 1.54) is 0 Å². The molecule has 1 aliphatic rings. The number of hydrogen-bond acceptors (Lipinski definition) is 3. The van der Waals surface area contributed by atoms with Crippen LogP contribution >= 0.6 is 0 Å². The van der Waals surface area contributed by atoms with Crippen molar-refractivity contribution in [3.8, 4) is 0 Å². The van der Waals surface area contributed by atoms with E-state index in [4.69, 9.17) is 9.84 Å². The smallest absolute Gasteiger partial charge is 0.306 e. The number of carboxylic acid groups (broad SMARTS) is 1. The Hall–Kier alpha value is -1.10. The van der Waals surface area contributed by atoms with Gasteiger partial charge in [-0.2, -0.15) is 0 Å². The molecule has 1 rings (SSSR count). The van der Waals surface area contributed by atoms with E-state index in [0.717, 1.165) is 19.3 Å². The molecule has 0 bridgehead atoms. The van der Waals surface area contributed by atoms with Gasteiger partial charge in [0.05, 0.1) is 5.92 Å². The fourth-order valence-corrected chi connectivity index (χ4v) is 2.22. The van der Waals surface area contributed by atoms with Crippen LogP contribution in [-0.4, -0.2) is 36.7 Å². The maximum Gasteiger partial charge on any atom is 0.306 e. The number of carboxylic acids is 1. The summed E-state index contributed by atoms with van der Waals surface area (Å²) < 4.78 is 4.87. The van der Waals surface area contributed by atoms with Gasteiger partial charge in [-0.25, -0.2) is 0 Å². The third-order valence-corrected chi connectivity index (χ3v) is 3.14. The number of methoxy groups -OCH3 is 1. The molecule has 17 heavy (non-hydrogen) atoms. The zero-order valence-corrected chi connectivity index (χ0v) is 10.3. The summed E-state index contributed by atoms with van der Waals surface area (Å²) in [5, 5.41) is 11.8. The Bertz CT molecular complexity index is 267. The Morgan fingerprint density at radius 1 is 1.41 bits per heavy atom. The van der Waals surface area contributed by atoms with Crippen molar-refractivity contribution in [1.29, 1.82) is 0 Å². The van der Waals surface area contributed by atoms with Gasteiger partial charge in [0, 0.05) is 26.2 Å². The minimum Gasteiger partial charge on any atom is -0.481 e. The second-order valence-electron chi connectivity index (χ2n) is 4.56. The monoisotopic (exact) mass is 243 g/mol. The molecule has 1 saturated carbocycles. The summed E-state index contributed by atoms with van der Waals surface area (Å²) in [7, 11) is 1.61. The van der Waals surface area contributed by atoms with E-state index in [0.29, 0.717) is 25.9 Å². The van der Waals surface area contributed by atoms with Crippen LogP contribution in [0.3, 0.4) is 0 Å². The van der Waals surface area contributed by atoms with Gasteiger partial charge in [0.2, 0.25) is 5.91 Å². The molecule has 0 saturated heterocycles. The molecule has 0 radical (unpaired) electrons. The molecule has 1 amide bonds. The molecular formula is C12H21NO4. The number of amides is 1. The largest absolute Gasteiger partial charge is 0.481 e. The average Bonchev–Trinajstić information content (AvgIpc) is 2.29. The van der Waals surface area contributed by atoms with Gasteiger partial charge in [-0.05, 0) is 25.7 Å². The van der Waals surface area contributed by atoms with Gasteiger partial charge in [-0.15, -0.1) is 0 Å². The van der Waals surface area contributed by atoms with E-state index >= 15 is 0 Å². The average molecular weight is 243 g/mol. The van der Waals surface area contributed by atoms with Crippen LogP contribution in [0.5, 0.6) is 0 Å². The van der Waals surface area contributed by atoms with E-state index in [2.05, 4.69) is 5.32 Å². The van der Waals surface area contributed by atoms with Gasteiger partial charge in [0.25, 0.3) is 0 Å². The minimum atomic E-state index is -0.747. The summed E-state index contributed by atoms with van der Waals surface area (Å²) >= 11 is 0. The fourth-order valence-electron chi connectivity index (χ4n) is 2.22. The van der Waals surface area contributed by atoms with Crippen LogP contribution in [0.4, 0.5) is 0 Å². The molecule has 2 unspecified atom stereocenters. The van der Waals surface area contributed by atoms with Crippen LogP contribution in [0.2, 0.25) is 0 Å². The molecule has 98 valence electrons. The van der Waals surface area contributed by atoms with Crippen molar-refractivity contribution in [1.82, 2.24) is 5.32 Å². The summed E-state index contributed by atoms with van der Waals surface area (Å²) in [5.74, 6) is -1.05. The van der Waals surface area contributed by atoms with Crippen molar-refractivity contribution in [2.75, 3.05) is 13.7 Å². The van der Waals surface area contributed by atoms with Crippen LogP contribution in [0, 0.1) is 5.92 Å². The molecule has 2 N–H and O–H groups in total. The first-order chi connectivity index (χ1) is 8.13. The van der Waals surface area contributed by atoms with E-state index in [1.807, 2.05) is 0 Å². The minimum absolute atomic E-state index is 0.00177. The number of ether oxygens (including phenoxy) is 1. The maximum atomic E-state index is 11.5. The van der Waals surface area contributed by atoms with E-state index < -0.39 is 5.97 Å². The van der Waals surface area contributed by atoms with Gasteiger partial charge in [0.1, 0.15) is 0 Å². The summed E-state index contributed by atoms with van der Waals surface area (Å²) in [5.41, 5.74) is 0. The first kappa shape index (κ1) is 14.0. The standard InChI is InChI=1S/C12H21NO4/c1-17-7-3-6-11(14)13-10-5-2-4-9(8-10)12(15)16/h9-10H,2-8H2,1H3,(H,13,14)(H,15,16). The van der Waals surface area contributed by atoms with Crippen molar-refractivity contribution in [2.24, 2.45) is 5.92 Å². The molecule has 1 fully saturated rings. The number of rotatable bonds is 6. The van der Waals surface area contributed by atoms with Crippen LogP contribution < -0.4 is 5.32 Å². The molecule has 1 aliphatic carbocycles. The Labute approximate surface area is 102 Å². The van der Waals surface area contributed by atoms with Crippen molar-refractivity contribution < 1.29 is 19.4 Å². The highest BCUT2D eigenvalue weighted by atomic mass is 16.5. The quantitative estimate of drug-likeness (QED) is 0.687. The zero-order valence-electron chi connectivity index (χ0n) is 10.3. The summed E-state index contributed by atoms with van der Waals surface area (Å²) in [6.07, 6.45) is 4.20.